The molecule has 2 aromatic carbocycles. The molecule has 3 rings (SSSR count). The third-order valence-corrected chi connectivity index (χ3v) is 5.37. The SMILES string of the molecule is CCOC(=O)CCC(=O)c1nc2cc(-c3ccccc3C(F)(F)F)ccc2c(Br)c1O. The normalized spacial score (nSPS) is 11.5. The number of hydrogen-bond donors (Lipinski definition) is 1. The molecule has 0 atom stereocenters. The molecule has 0 amide bonds. The number of fused-ring (bicyclic) bond motifs is 1. The van der Waals surface area contributed by atoms with Crippen molar-refractivity contribution in [1.82, 2.24) is 4.98 Å². The molecule has 0 radical (unpaired) electrons. The molecule has 3 aromatic rings. The van der Waals surface area contributed by atoms with Gasteiger partial charge in [-0.25, -0.2) is 4.98 Å². The second kappa shape index (κ2) is 9.05. The number of esters is 1. The van der Waals surface area contributed by atoms with E-state index in [1.54, 1.807) is 6.92 Å². The standard InChI is InChI=1S/C22H17BrF3NO4/c1-2-31-18(29)10-9-17(28)20-21(30)19(23)14-8-7-12(11-16(14)27-20)13-5-3-4-6-15(13)22(24,25)26/h3-8,11,30H,2,9-10H2,1H3. The monoisotopic (exact) mass is 495 g/mol. The van der Waals surface area contributed by atoms with Crippen molar-refractivity contribution in [1.29, 1.82) is 0 Å². The molecule has 5 nitrogen and oxygen atoms in total. The predicted octanol–water partition coefficient (Wildman–Crippen LogP) is 5.91. The summed E-state index contributed by atoms with van der Waals surface area (Å²) in [6.45, 7) is 1.82. The first-order valence-electron chi connectivity index (χ1n) is 9.31. The molecule has 0 aliphatic carbocycles. The third-order valence-electron chi connectivity index (χ3n) is 4.57. The summed E-state index contributed by atoms with van der Waals surface area (Å²) < 4.78 is 45.2. The number of carbonyl (C=O) groups is 2. The molecule has 31 heavy (non-hydrogen) atoms. The van der Waals surface area contributed by atoms with Crippen LogP contribution in [0.15, 0.2) is 46.9 Å². The zero-order chi connectivity index (χ0) is 22.8. The number of nitrogens with zero attached hydrogens (tertiary/aromatic N) is 1. The average molecular weight is 496 g/mol. The van der Waals surface area contributed by atoms with Crippen molar-refractivity contribution in [2.75, 3.05) is 6.61 Å². The topological polar surface area (TPSA) is 76.5 Å². The van der Waals surface area contributed by atoms with E-state index in [9.17, 15) is 27.9 Å². The van der Waals surface area contributed by atoms with Gasteiger partial charge in [0, 0.05) is 11.8 Å². The maximum absolute atomic E-state index is 13.4. The van der Waals surface area contributed by atoms with E-state index in [4.69, 9.17) is 4.74 Å². The maximum atomic E-state index is 13.4. The molecule has 0 spiro atoms. The summed E-state index contributed by atoms with van der Waals surface area (Å²) in [6.07, 6.45) is -4.95. The molecule has 0 aliphatic rings. The number of pyridine rings is 1. The van der Waals surface area contributed by atoms with Crippen LogP contribution in [0.3, 0.4) is 0 Å². The fourth-order valence-electron chi connectivity index (χ4n) is 3.13. The molecular weight excluding hydrogens is 479 g/mol. The number of Topliss-reactive ketones (excluding diaryl/α,β-unsaturated/α-hetero) is 1. The fraction of sp³-hybridized carbons (Fsp3) is 0.227. The van der Waals surface area contributed by atoms with Crippen LogP contribution in [0.2, 0.25) is 0 Å². The Morgan fingerprint density at radius 1 is 1.13 bits per heavy atom. The Kier molecular flexibility index (Phi) is 6.64. The highest BCUT2D eigenvalue weighted by molar-refractivity contribution is 9.10. The molecule has 0 unspecified atom stereocenters. The Hall–Kier alpha value is -2.94. The van der Waals surface area contributed by atoms with Gasteiger partial charge < -0.3 is 9.84 Å². The van der Waals surface area contributed by atoms with Crippen LogP contribution in [0, 0.1) is 0 Å². The van der Waals surface area contributed by atoms with Crippen molar-refractivity contribution in [3.63, 3.8) is 0 Å². The van der Waals surface area contributed by atoms with Crippen LogP contribution in [0.25, 0.3) is 22.0 Å². The molecule has 0 saturated carbocycles. The first-order chi connectivity index (χ1) is 14.6. The van der Waals surface area contributed by atoms with Gasteiger partial charge in [-0.1, -0.05) is 30.3 Å². The fourth-order valence-corrected chi connectivity index (χ4v) is 3.65. The minimum absolute atomic E-state index is 0.0296. The van der Waals surface area contributed by atoms with Gasteiger partial charge in [0.1, 0.15) is 5.69 Å². The molecular formula is C22H17BrF3NO4. The van der Waals surface area contributed by atoms with Crippen LogP contribution in [0.4, 0.5) is 13.2 Å². The van der Waals surface area contributed by atoms with E-state index in [0.717, 1.165) is 6.07 Å². The van der Waals surface area contributed by atoms with E-state index in [1.807, 2.05) is 0 Å². The minimum Gasteiger partial charge on any atom is -0.504 e. The number of aromatic nitrogens is 1. The first-order valence-corrected chi connectivity index (χ1v) is 10.1. The van der Waals surface area contributed by atoms with Crippen LogP contribution in [-0.2, 0) is 15.7 Å². The second-order valence-corrected chi connectivity index (χ2v) is 7.42. The van der Waals surface area contributed by atoms with Crippen molar-refractivity contribution < 1.29 is 32.6 Å². The lowest BCUT2D eigenvalue weighted by atomic mass is 9.98. The summed E-state index contributed by atoms with van der Waals surface area (Å²) in [5.41, 5.74) is -0.616. The van der Waals surface area contributed by atoms with E-state index < -0.39 is 29.2 Å². The van der Waals surface area contributed by atoms with Crippen molar-refractivity contribution in [2.24, 2.45) is 0 Å². The Balaban J connectivity index is 2.05. The first kappa shape index (κ1) is 22.7. The van der Waals surface area contributed by atoms with Crippen LogP contribution in [-0.4, -0.2) is 28.4 Å². The lowest BCUT2D eigenvalue weighted by Crippen LogP contribution is -2.09. The van der Waals surface area contributed by atoms with Gasteiger partial charge in [0.2, 0.25) is 0 Å². The van der Waals surface area contributed by atoms with Gasteiger partial charge in [-0.05, 0) is 46.1 Å². The molecule has 1 aromatic heterocycles. The maximum Gasteiger partial charge on any atom is 0.417 e. The van der Waals surface area contributed by atoms with Gasteiger partial charge in [0.15, 0.2) is 11.5 Å². The number of hydrogen-bond acceptors (Lipinski definition) is 5. The lowest BCUT2D eigenvalue weighted by Gasteiger charge is -2.14. The number of carbonyl (C=O) groups excluding carboxylic acids is 2. The molecule has 0 saturated heterocycles. The molecule has 0 aliphatic heterocycles. The highest BCUT2D eigenvalue weighted by Gasteiger charge is 2.33. The summed E-state index contributed by atoms with van der Waals surface area (Å²) in [7, 11) is 0. The summed E-state index contributed by atoms with van der Waals surface area (Å²) in [5, 5.41) is 10.8. The van der Waals surface area contributed by atoms with Crippen molar-refractivity contribution >= 4 is 38.6 Å². The zero-order valence-electron chi connectivity index (χ0n) is 16.3. The molecule has 162 valence electrons. The summed E-state index contributed by atoms with van der Waals surface area (Å²) in [6, 6.07) is 9.57. The zero-order valence-corrected chi connectivity index (χ0v) is 17.9. The number of ether oxygens (including phenoxy) is 1. The minimum atomic E-state index is -4.54. The van der Waals surface area contributed by atoms with Crippen molar-refractivity contribution in [3.8, 4) is 16.9 Å². The lowest BCUT2D eigenvalue weighted by molar-refractivity contribution is -0.143. The molecule has 1 N–H and O–H groups in total. The second-order valence-electron chi connectivity index (χ2n) is 6.63. The number of rotatable bonds is 6. The van der Waals surface area contributed by atoms with Crippen molar-refractivity contribution in [2.45, 2.75) is 25.9 Å². The van der Waals surface area contributed by atoms with Gasteiger partial charge in [0.05, 0.1) is 28.6 Å². The molecule has 9 heteroatoms. The van der Waals surface area contributed by atoms with Crippen LogP contribution < -0.4 is 0 Å². The van der Waals surface area contributed by atoms with E-state index in [0.29, 0.717) is 5.39 Å². The van der Waals surface area contributed by atoms with Gasteiger partial charge in [0.25, 0.3) is 0 Å². The number of benzene rings is 2. The van der Waals surface area contributed by atoms with E-state index in [2.05, 4.69) is 20.9 Å². The highest BCUT2D eigenvalue weighted by atomic mass is 79.9. The summed E-state index contributed by atoms with van der Waals surface area (Å²) in [5.74, 6) is -1.54. The Labute approximate surface area is 184 Å². The smallest absolute Gasteiger partial charge is 0.417 e. The average Bonchev–Trinajstić information content (AvgIpc) is 2.74. The van der Waals surface area contributed by atoms with Crippen molar-refractivity contribution in [3.05, 3.63) is 58.2 Å². The number of alkyl halides is 3. The van der Waals surface area contributed by atoms with E-state index in [1.165, 1.54) is 36.4 Å². The summed E-state index contributed by atoms with van der Waals surface area (Å²) >= 11 is 3.22. The van der Waals surface area contributed by atoms with E-state index >= 15 is 0 Å². The Bertz CT molecular complexity index is 1160. The predicted molar refractivity (Wildman–Crippen MR) is 112 cm³/mol. The Morgan fingerprint density at radius 3 is 2.52 bits per heavy atom. The molecule has 1 heterocycles. The molecule has 0 fully saturated rings. The van der Waals surface area contributed by atoms with Crippen LogP contribution >= 0.6 is 15.9 Å². The van der Waals surface area contributed by atoms with Gasteiger partial charge in [-0.3, -0.25) is 9.59 Å². The third kappa shape index (κ3) is 4.87. The number of aromatic hydroxyl groups is 1. The molecule has 0 bridgehead atoms. The van der Waals surface area contributed by atoms with Crippen LogP contribution in [0.5, 0.6) is 5.75 Å². The highest BCUT2D eigenvalue weighted by Crippen LogP contribution is 2.40. The van der Waals surface area contributed by atoms with Crippen LogP contribution in [0.1, 0.15) is 35.8 Å². The van der Waals surface area contributed by atoms with Gasteiger partial charge >= 0.3 is 12.1 Å². The van der Waals surface area contributed by atoms with Gasteiger partial charge in [-0.15, -0.1) is 0 Å². The summed E-state index contributed by atoms with van der Waals surface area (Å²) in [4.78, 5) is 28.2. The number of ketones is 1. The van der Waals surface area contributed by atoms with E-state index in [-0.39, 0.29) is 46.3 Å². The quantitative estimate of drug-likeness (QED) is 0.339. The largest absolute Gasteiger partial charge is 0.504 e. The Morgan fingerprint density at radius 2 is 1.84 bits per heavy atom. The van der Waals surface area contributed by atoms with Gasteiger partial charge in [-0.2, -0.15) is 13.2 Å². The number of halogens is 4.